The number of hydrogen-bond donors (Lipinski definition) is 0. The molecule has 0 saturated carbocycles. The number of imide groups is 1. The molecule has 1 fully saturated rings. The van der Waals surface area contributed by atoms with Gasteiger partial charge in [0.1, 0.15) is 12.4 Å². The van der Waals surface area contributed by atoms with Crippen molar-refractivity contribution in [3.8, 4) is 5.75 Å². The molecule has 0 N–H and O–H groups in total. The van der Waals surface area contributed by atoms with Gasteiger partial charge in [-0.1, -0.05) is 47.0 Å². The van der Waals surface area contributed by atoms with E-state index in [9.17, 15) is 9.59 Å². The van der Waals surface area contributed by atoms with Gasteiger partial charge in [-0.15, -0.1) is 0 Å². The summed E-state index contributed by atoms with van der Waals surface area (Å²) >= 11 is 12.9. The van der Waals surface area contributed by atoms with Crippen LogP contribution in [0.3, 0.4) is 0 Å². The number of benzene rings is 2. The zero-order chi connectivity index (χ0) is 18.7. The summed E-state index contributed by atoms with van der Waals surface area (Å²) in [6.07, 6.45) is 1.60. The fraction of sp³-hybridized carbons (Fsp3) is 0.158. The molecule has 0 aromatic heterocycles. The summed E-state index contributed by atoms with van der Waals surface area (Å²) in [4.78, 5) is 26.1. The Morgan fingerprint density at radius 3 is 2.54 bits per heavy atom. The summed E-state index contributed by atoms with van der Waals surface area (Å²) in [6.45, 7) is 2.41. The van der Waals surface area contributed by atoms with Crippen LogP contribution in [0.1, 0.15) is 11.1 Å². The molecule has 134 valence electrons. The molecule has 0 atom stereocenters. The molecule has 1 aliphatic heterocycles. The van der Waals surface area contributed by atoms with Crippen molar-refractivity contribution in [2.75, 3.05) is 13.2 Å². The second-order valence-electron chi connectivity index (χ2n) is 5.66. The van der Waals surface area contributed by atoms with Gasteiger partial charge in [0.2, 0.25) is 0 Å². The van der Waals surface area contributed by atoms with Gasteiger partial charge in [-0.3, -0.25) is 14.5 Å². The number of amides is 2. The highest BCUT2D eigenvalue weighted by atomic mass is 35.5. The van der Waals surface area contributed by atoms with Crippen molar-refractivity contribution in [3.63, 3.8) is 0 Å². The highest BCUT2D eigenvalue weighted by Gasteiger charge is 2.34. The van der Waals surface area contributed by atoms with E-state index in [2.05, 4.69) is 0 Å². The predicted octanol–water partition coefficient (Wildman–Crippen LogP) is 5.42. The van der Waals surface area contributed by atoms with Crippen LogP contribution in [0.4, 0.5) is 4.79 Å². The summed E-state index contributed by atoms with van der Waals surface area (Å²) in [7, 11) is 0. The molecule has 0 bridgehead atoms. The van der Waals surface area contributed by atoms with Crippen LogP contribution in [0.15, 0.2) is 47.4 Å². The molecule has 26 heavy (non-hydrogen) atoms. The highest BCUT2D eigenvalue weighted by molar-refractivity contribution is 8.18. The normalized spacial score (nSPS) is 15.8. The Bertz CT molecular complexity index is 881. The Morgan fingerprint density at radius 1 is 1.12 bits per heavy atom. The topological polar surface area (TPSA) is 46.6 Å². The minimum Gasteiger partial charge on any atom is -0.492 e. The van der Waals surface area contributed by atoms with Gasteiger partial charge in [0.15, 0.2) is 0 Å². The molecule has 0 spiro atoms. The molecular formula is C19H15Cl2NO3S. The maximum Gasteiger partial charge on any atom is 0.293 e. The number of thioether (sulfide) groups is 1. The Hall–Kier alpha value is -1.95. The van der Waals surface area contributed by atoms with Crippen LogP contribution in [0.25, 0.3) is 6.08 Å². The quantitative estimate of drug-likeness (QED) is 0.620. The first-order chi connectivity index (χ1) is 12.4. The average Bonchev–Trinajstić information content (AvgIpc) is 2.86. The lowest BCUT2D eigenvalue weighted by molar-refractivity contribution is -0.123. The van der Waals surface area contributed by atoms with E-state index in [0.717, 1.165) is 17.3 Å². The first-order valence-electron chi connectivity index (χ1n) is 7.84. The van der Waals surface area contributed by atoms with Gasteiger partial charge in [-0.25, -0.2) is 0 Å². The van der Waals surface area contributed by atoms with Crippen molar-refractivity contribution >= 4 is 52.2 Å². The van der Waals surface area contributed by atoms with Crippen LogP contribution >= 0.6 is 35.0 Å². The number of nitrogens with zero attached hydrogens (tertiary/aromatic N) is 1. The standard InChI is InChI=1S/C19H15Cl2NO3S/c1-12-2-6-15(7-3-12)25-9-8-22-18(23)17(26-19(22)24)10-13-4-5-14(20)11-16(13)21/h2-7,10-11H,8-9H2,1H3/b17-10-. The summed E-state index contributed by atoms with van der Waals surface area (Å²) in [5, 5.41) is 0.611. The van der Waals surface area contributed by atoms with E-state index in [4.69, 9.17) is 27.9 Å². The van der Waals surface area contributed by atoms with Crippen molar-refractivity contribution in [2.45, 2.75) is 6.92 Å². The van der Waals surface area contributed by atoms with Gasteiger partial charge < -0.3 is 4.74 Å². The molecule has 1 aliphatic rings. The van der Waals surface area contributed by atoms with E-state index in [0.29, 0.717) is 26.3 Å². The molecule has 2 aromatic carbocycles. The molecular weight excluding hydrogens is 393 g/mol. The number of rotatable bonds is 5. The summed E-state index contributed by atoms with van der Waals surface area (Å²) in [5.74, 6) is 0.351. The number of halogens is 2. The zero-order valence-corrected chi connectivity index (χ0v) is 16.2. The molecule has 1 heterocycles. The third kappa shape index (κ3) is 4.41. The van der Waals surface area contributed by atoms with E-state index >= 15 is 0 Å². The van der Waals surface area contributed by atoms with Gasteiger partial charge in [0.25, 0.3) is 11.1 Å². The van der Waals surface area contributed by atoms with Crippen LogP contribution < -0.4 is 4.74 Å². The number of hydrogen-bond acceptors (Lipinski definition) is 4. The minimum atomic E-state index is -0.349. The molecule has 0 unspecified atom stereocenters. The zero-order valence-electron chi connectivity index (χ0n) is 13.9. The fourth-order valence-corrected chi connectivity index (χ4v) is 3.66. The van der Waals surface area contributed by atoms with Crippen molar-refractivity contribution < 1.29 is 14.3 Å². The molecule has 2 amide bonds. The van der Waals surface area contributed by atoms with E-state index < -0.39 is 0 Å². The Balaban J connectivity index is 1.64. The molecule has 7 heteroatoms. The largest absolute Gasteiger partial charge is 0.492 e. The lowest BCUT2D eigenvalue weighted by atomic mass is 10.2. The second-order valence-corrected chi connectivity index (χ2v) is 7.50. The number of aryl methyl sites for hydroxylation is 1. The van der Waals surface area contributed by atoms with Crippen LogP contribution in [0.5, 0.6) is 5.75 Å². The molecule has 3 rings (SSSR count). The summed E-state index contributed by atoms with van der Waals surface area (Å²) < 4.78 is 5.59. The van der Waals surface area contributed by atoms with E-state index in [1.165, 1.54) is 4.90 Å². The molecule has 2 aromatic rings. The first kappa shape index (κ1) is 18.8. The minimum absolute atomic E-state index is 0.185. The molecule has 0 radical (unpaired) electrons. The van der Waals surface area contributed by atoms with Crippen molar-refractivity contribution in [1.29, 1.82) is 0 Å². The van der Waals surface area contributed by atoms with Crippen LogP contribution in [0.2, 0.25) is 10.0 Å². The van der Waals surface area contributed by atoms with Gasteiger partial charge in [0.05, 0.1) is 11.4 Å². The lowest BCUT2D eigenvalue weighted by Crippen LogP contribution is -2.32. The number of ether oxygens (including phenoxy) is 1. The van der Waals surface area contributed by atoms with Gasteiger partial charge in [0, 0.05) is 10.0 Å². The van der Waals surface area contributed by atoms with E-state index in [-0.39, 0.29) is 24.3 Å². The predicted molar refractivity (Wildman–Crippen MR) is 106 cm³/mol. The van der Waals surface area contributed by atoms with Crippen molar-refractivity contribution in [1.82, 2.24) is 4.90 Å². The molecule has 1 saturated heterocycles. The molecule has 4 nitrogen and oxygen atoms in total. The maximum atomic E-state index is 12.5. The third-order valence-electron chi connectivity index (χ3n) is 3.73. The van der Waals surface area contributed by atoms with Crippen molar-refractivity contribution in [3.05, 3.63) is 68.5 Å². The van der Waals surface area contributed by atoms with E-state index in [1.807, 2.05) is 31.2 Å². The monoisotopic (exact) mass is 407 g/mol. The van der Waals surface area contributed by atoms with Gasteiger partial charge in [-0.2, -0.15) is 0 Å². The third-order valence-corrected chi connectivity index (χ3v) is 5.20. The maximum absolute atomic E-state index is 12.5. The Kier molecular flexibility index (Phi) is 5.91. The van der Waals surface area contributed by atoms with Crippen LogP contribution in [-0.2, 0) is 4.79 Å². The Labute approximate surface area is 165 Å². The average molecular weight is 408 g/mol. The highest BCUT2D eigenvalue weighted by Crippen LogP contribution is 2.33. The molecule has 0 aliphatic carbocycles. The lowest BCUT2D eigenvalue weighted by Gasteiger charge is -2.13. The SMILES string of the molecule is Cc1ccc(OCCN2C(=O)S/C(=C\c3ccc(Cl)cc3Cl)C2=O)cc1. The number of carbonyl (C=O) groups excluding carboxylic acids is 2. The number of carbonyl (C=O) groups is 2. The van der Waals surface area contributed by atoms with Crippen LogP contribution in [-0.4, -0.2) is 29.2 Å². The van der Waals surface area contributed by atoms with E-state index in [1.54, 1.807) is 24.3 Å². The van der Waals surface area contributed by atoms with Crippen LogP contribution in [0, 0.1) is 6.92 Å². The fourth-order valence-electron chi connectivity index (χ4n) is 2.34. The summed E-state index contributed by atoms with van der Waals surface area (Å²) in [5.41, 5.74) is 1.77. The summed E-state index contributed by atoms with van der Waals surface area (Å²) in [6, 6.07) is 12.6. The Morgan fingerprint density at radius 2 is 1.85 bits per heavy atom. The first-order valence-corrected chi connectivity index (χ1v) is 9.41. The smallest absolute Gasteiger partial charge is 0.293 e. The van der Waals surface area contributed by atoms with Gasteiger partial charge in [-0.05, 0) is 54.6 Å². The second kappa shape index (κ2) is 8.16. The van der Waals surface area contributed by atoms with Crippen molar-refractivity contribution in [2.24, 2.45) is 0 Å². The van der Waals surface area contributed by atoms with Gasteiger partial charge >= 0.3 is 0 Å².